The molecule has 0 heterocycles. The second kappa shape index (κ2) is 3.40. The maximum absolute atomic E-state index is 11.6. The lowest BCUT2D eigenvalue weighted by molar-refractivity contribution is -0.0696. The number of hydrogen-bond donors (Lipinski definition) is 1. The summed E-state index contributed by atoms with van der Waals surface area (Å²) in [7, 11) is 0. The third-order valence-electron chi connectivity index (χ3n) is 1.24. The summed E-state index contributed by atoms with van der Waals surface area (Å²) in [6, 6.07) is 5.60. The van der Waals surface area contributed by atoms with E-state index in [1.54, 1.807) is 0 Å². The van der Waals surface area contributed by atoms with Crippen molar-refractivity contribution in [3.8, 4) is 17.6 Å². The Balaban J connectivity index is 2.97. The smallest absolute Gasteiger partial charge is 0.458 e. The molecule has 0 saturated carbocycles. The highest BCUT2D eigenvalue weighted by Gasteiger charge is 2.22. The molecular weight excluding hydrogens is 181 g/mol. The number of alkyl halides is 3. The van der Waals surface area contributed by atoms with E-state index in [0.717, 1.165) is 5.92 Å². The molecule has 0 amide bonds. The van der Waals surface area contributed by atoms with E-state index in [-0.39, 0.29) is 11.3 Å². The van der Waals surface area contributed by atoms with Crippen molar-refractivity contribution >= 4 is 0 Å². The van der Waals surface area contributed by atoms with E-state index in [9.17, 15) is 13.2 Å². The molecule has 0 fully saturated rings. The SMILES string of the molecule is Oc1ccccc1C#CC(F)(F)F. The van der Waals surface area contributed by atoms with Crippen LogP contribution in [0.3, 0.4) is 0 Å². The van der Waals surface area contributed by atoms with Gasteiger partial charge < -0.3 is 5.11 Å². The van der Waals surface area contributed by atoms with Gasteiger partial charge >= 0.3 is 6.18 Å². The van der Waals surface area contributed by atoms with Gasteiger partial charge in [0.1, 0.15) is 5.75 Å². The lowest BCUT2D eigenvalue weighted by Crippen LogP contribution is -2.01. The Bertz CT molecular complexity index is 357. The predicted octanol–water partition coefficient (Wildman–Crippen LogP) is 2.31. The number of para-hydroxylation sites is 1. The molecule has 0 aromatic heterocycles. The van der Waals surface area contributed by atoms with Crippen molar-refractivity contribution in [1.29, 1.82) is 0 Å². The highest BCUT2D eigenvalue weighted by atomic mass is 19.4. The molecule has 1 N–H and O–H groups in total. The van der Waals surface area contributed by atoms with Crippen LogP contribution in [-0.4, -0.2) is 11.3 Å². The number of rotatable bonds is 0. The van der Waals surface area contributed by atoms with Crippen LogP contribution in [0.15, 0.2) is 24.3 Å². The van der Waals surface area contributed by atoms with Crippen LogP contribution in [0.4, 0.5) is 13.2 Å². The highest BCUT2D eigenvalue weighted by molar-refractivity contribution is 5.45. The van der Waals surface area contributed by atoms with Gasteiger partial charge in [0.15, 0.2) is 0 Å². The lowest BCUT2D eigenvalue weighted by Gasteiger charge is -1.95. The van der Waals surface area contributed by atoms with Gasteiger partial charge in [-0.05, 0) is 12.1 Å². The van der Waals surface area contributed by atoms with Crippen LogP contribution in [-0.2, 0) is 0 Å². The van der Waals surface area contributed by atoms with Gasteiger partial charge in [-0.2, -0.15) is 13.2 Å². The predicted molar refractivity (Wildman–Crippen MR) is 41.0 cm³/mol. The minimum atomic E-state index is -4.53. The standard InChI is InChI=1S/C9H5F3O/c10-9(11,12)6-5-7-3-1-2-4-8(7)13/h1-4,13H. The Morgan fingerprint density at radius 3 is 2.31 bits per heavy atom. The first-order chi connectivity index (χ1) is 5.99. The third kappa shape index (κ3) is 3.08. The Hall–Kier alpha value is -1.63. The summed E-state index contributed by atoms with van der Waals surface area (Å²) in [5.74, 6) is 2.65. The van der Waals surface area contributed by atoms with Crippen molar-refractivity contribution in [3.05, 3.63) is 29.8 Å². The van der Waals surface area contributed by atoms with Gasteiger partial charge in [-0.3, -0.25) is 0 Å². The Labute approximate surface area is 72.8 Å². The van der Waals surface area contributed by atoms with E-state index in [0.29, 0.717) is 0 Å². The molecule has 4 heteroatoms. The molecular formula is C9H5F3O. The first-order valence-corrected chi connectivity index (χ1v) is 3.37. The monoisotopic (exact) mass is 186 g/mol. The maximum atomic E-state index is 11.6. The van der Waals surface area contributed by atoms with E-state index < -0.39 is 6.18 Å². The van der Waals surface area contributed by atoms with E-state index in [4.69, 9.17) is 5.11 Å². The van der Waals surface area contributed by atoms with Crippen LogP contribution in [0, 0.1) is 11.8 Å². The van der Waals surface area contributed by atoms with E-state index in [1.807, 2.05) is 5.92 Å². The van der Waals surface area contributed by atoms with E-state index in [1.165, 1.54) is 24.3 Å². The van der Waals surface area contributed by atoms with Gasteiger partial charge in [-0.1, -0.05) is 18.1 Å². The Kier molecular flexibility index (Phi) is 2.47. The molecule has 0 aliphatic heterocycles. The van der Waals surface area contributed by atoms with Gasteiger partial charge in [0.25, 0.3) is 0 Å². The summed E-state index contributed by atoms with van der Waals surface area (Å²) in [6.45, 7) is 0. The zero-order valence-electron chi connectivity index (χ0n) is 6.39. The average Bonchev–Trinajstić information content (AvgIpc) is 2.01. The molecule has 0 bridgehead atoms. The fourth-order valence-electron chi connectivity index (χ4n) is 0.718. The van der Waals surface area contributed by atoms with Crippen molar-refractivity contribution in [1.82, 2.24) is 0 Å². The number of benzene rings is 1. The molecule has 0 saturated heterocycles. The normalized spacial score (nSPS) is 10.4. The summed E-state index contributed by atoms with van der Waals surface area (Å²) in [5.41, 5.74) is -0.0279. The van der Waals surface area contributed by atoms with Crippen molar-refractivity contribution < 1.29 is 18.3 Å². The summed E-state index contributed by atoms with van der Waals surface area (Å²) in [6.07, 6.45) is -4.53. The van der Waals surface area contributed by atoms with Crippen molar-refractivity contribution in [2.45, 2.75) is 6.18 Å². The fourth-order valence-corrected chi connectivity index (χ4v) is 0.718. The summed E-state index contributed by atoms with van der Waals surface area (Å²) in [5, 5.41) is 9.04. The molecule has 0 aliphatic carbocycles. The molecule has 0 atom stereocenters. The van der Waals surface area contributed by atoms with E-state index in [2.05, 4.69) is 0 Å². The van der Waals surface area contributed by atoms with Crippen LogP contribution in [0.1, 0.15) is 5.56 Å². The molecule has 1 aromatic carbocycles. The van der Waals surface area contributed by atoms with E-state index >= 15 is 0 Å². The van der Waals surface area contributed by atoms with Crippen LogP contribution in [0.2, 0.25) is 0 Å². The Morgan fingerprint density at radius 1 is 1.15 bits per heavy atom. The topological polar surface area (TPSA) is 20.2 Å². The number of phenolic OH excluding ortho intramolecular Hbond substituents is 1. The number of halogens is 3. The van der Waals surface area contributed by atoms with Gasteiger partial charge in [0.2, 0.25) is 0 Å². The summed E-state index contributed by atoms with van der Waals surface area (Å²) < 4.78 is 34.9. The second-order valence-corrected chi connectivity index (χ2v) is 2.26. The van der Waals surface area contributed by atoms with Crippen molar-refractivity contribution in [3.63, 3.8) is 0 Å². The fraction of sp³-hybridized carbons (Fsp3) is 0.111. The van der Waals surface area contributed by atoms with Crippen LogP contribution >= 0.6 is 0 Å². The molecule has 13 heavy (non-hydrogen) atoms. The summed E-state index contributed by atoms with van der Waals surface area (Å²) in [4.78, 5) is 0. The average molecular weight is 186 g/mol. The quantitative estimate of drug-likeness (QED) is 0.616. The molecule has 0 unspecified atom stereocenters. The highest BCUT2D eigenvalue weighted by Crippen LogP contribution is 2.16. The summed E-state index contributed by atoms with van der Waals surface area (Å²) >= 11 is 0. The molecule has 1 rings (SSSR count). The lowest BCUT2D eigenvalue weighted by atomic mass is 10.2. The van der Waals surface area contributed by atoms with Crippen LogP contribution in [0.25, 0.3) is 0 Å². The molecule has 0 spiro atoms. The number of aromatic hydroxyl groups is 1. The first-order valence-electron chi connectivity index (χ1n) is 3.37. The molecule has 0 radical (unpaired) electrons. The number of phenols is 1. The van der Waals surface area contributed by atoms with Gasteiger partial charge in [0, 0.05) is 5.92 Å². The van der Waals surface area contributed by atoms with Crippen molar-refractivity contribution in [2.75, 3.05) is 0 Å². The Morgan fingerprint density at radius 2 is 1.77 bits per heavy atom. The minimum absolute atomic E-state index is 0.0279. The zero-order valence-corrected chi connectivity index (χ0v) is 6.39. The molecule has 1 nitrogen and oxygen atoms in total. The first kappa shape index (κ1) is 9.46. The molecule has 68 valence electrons. The largest absolute Gasteiger partial charge is 0.507 e. The van der Waals surface area contributed by atoms with Crippen LogP contribution < -0.4 is 0 Å². The van der Waals surface area contributed by atoms with Gasteiger partial charge in [-0.15, -0.1) is 0 Å². The minimum Gasteiger partial charge on any atom is -0.507 e. The van der Waals surface area contributed by atoms with Gasteiger partial charge in [-0.25, -0.2) is 0 Å². The maximum Gasteiger partial charge on any atom is 0.458 e. The molecule has 1 aromatic rings. The van der Waals surface area contributed by atoms with Gasteiger partial charge in [0.05, 0.1) is 5.56 Å². The third-order valence-corrected chi connectivity index (χ3v) is 1.24. The molecule has 0 aliphatic rings. The number of hydrogen-bond acceptors (Lipinski definition) is 1. The zero-order chi connectivity index (χ0) is 9.90. The van der Waals surface area contributed by atoms with Crippen molar-refractivity contribution in [2.24, 2.45) is 0 Å². The second-order valence-electron chi connectivity index (χ2n) is 2.26. The van der Waals surface area contributed by atoms with Crippen LogP contribution in [0.5, 0.6) is 5.75 Å².